The molecule has 1 fully saturated rings. The van der Waals surface area contributed by atoms with Gasteiger partial charge < -0.3 is 0 Å². The minimum atomic E-state index is -1.18. The number of benzene rings is 2. The SMILES string of the molecule is O=C(c1ccc(Cl)cc1)[C@H](CCCl)N(C(=O)c1ccc(Cl)cc1)N1C(=O)[C@H]2CC=CC[C@@H]2C1=O. The third-order valence-corrected chi connectivity index (χ3v) is 6.83. The maximum absolute atomic E-state index is 13.8. The number of alkyl halides is 1. The third kappa shape index (κ3) is 4.63. The summed E-state index contributed by atoms with van der Waals surface area (Å²) in [6.45, 7) is 0. The lowest BCUT2D eigenvalue weighted by Gasteiger charge is -2.36. The summed E-state index contributed by atoms with van der Waals surface area (Å²) in [5.74, 6) is -3.22. The van der Waals surface area contributed by atoms with Crippen molar-refractivity contribution < 1.29 is 19.2 Å². The lowest BCUT2D eigenvalue weighted by molar-refractivity contribution is -0.156. The van der Waals surface area contributed by atoms with Crippen LogP contribution in [0.2, 0.25) is 10.0 Å². The molecule has 3 amide bonds. The first-order chi connectivity index (χ1) is 16.3. The number of carbonyl (C=O) groups excluding carboxylic acids is 4. The molecule has 1 heterocycles. The topological polar surface area (TPSA) is 74.8 Å². The van der Waals surface area contributed by atoms with E-state index in [1.165, 1.54) is 36.4 Å². The Hall–Kier alpha value is -2.67. The van der Waals surface area contributed by atoms with E-state index in [4.69, 9.17) is 34.8 Å². The summed E-state index contributed by atoms with van der Waals surface area (Å²) in [5.41, 5.74) is 0.466. The number of hydrazine groups is 1. The van der Waals surface area contributed by atoms with Gasteiger partial charge in [0, 0.05) is 27.1 Å². The highest BCUT2D eigenvalue weighted by atomic mass is 35.5. The number of hydrogen-bond acceptors (Lipinski definition) is 4. The molecule has 0 unspecified atom stereocenters. The first-order valence-corrected chi connectivity index (χ1v) is 12.1. The highest BCUT2D eigenvalue weighted by Crippen LogP contribution is 2.37. The first kappa shape index (κ1) is 24.5. The van der Waals surface area contributed by atoms with Crippen LogP contribution in [0, 0.1) is 11.8 Å². The van der Waals surface area contributed by atoms with Gasteiger partial charge in [-0.25, -0.2) is 5.01 Å². The number of allylic oxidation sites excluding steroid dienone is 2. The van der Waals surface area contributed by atoms with Crippen molar-refractivity contribution in [2.75, 3.05) is 5.88 Å². The van der Waals surface area contributed by atoms with Gasteiger partial charge in [0.1, 0.15) is 6.04 Å². The zero-order valence-corrected chi connectivity index (χ0v) is 20.3. The van der Waals surface area contributed by atoms with Gasteiger partial charge >= 0.3 is 0 Å². The maximum atomic E-state index is 13.8. The van der Waals surface area contributed by atoms with Gasteiger partial charge in [-0.3, -0.25) is 19.2 Å². The molecule has 2 aliphatic rings. The van der Waals surface area contributed by atoms with Crippen molar-refractivity contribution in [3.8, 4) is 0 Å². The fourth-order valence-electron chi connectivity index (χ4n) is 4.37. The van der Waals surface area contributed by atoms with Gasteiger partial charge in [0.2, 0.25) is 0 Å². The normalized spacial score (nSPS) is 20.3. The van der Waals surface area contributed by atoms with Crippen LogP contribution in [0.25, 0.3) is 0 Å². The Balaban J connectivity index is 1.80. The largest absolute Gasteiger partial charge is 0.292 e. The predicted octanol–water partition coefficient (Wildman–Crippen LogP) is 5.18. The van der Waals surface area contributed by atoms with E-state index < -0.39 is 41.4 Å². The molecule has 3 atom stereocenters. The third-order valence-electron chi connectivity index (χ3n) is 6.11. The number of carbonyl (C=O) groups is 4. The number of ketones is 1. The molecule has 1 aliphatic heterocycles. The molecule has 4 rings (SSSR count). The van der Waals surface area contributed by atoms with Crippen LogP contribution in [-0.4, -0.2) is 45.4 Å². The fraction of sp³-hybridized carbons (Fsp3) is 0.280. The van der Waals surface area contributed by atoms with Gasteiger partial charge in [-0.2, -0.15) is 5.01 Å². The van der Waals surface area contributed by atoms with Crippen LogP contribution in [0.1, 0.15) is 40.0 Å². The van der Waals surface area contributed by atoms with Crippen molar-refractivity contribution in [2.24, 2.45) is 11.8 Å². The van der Waals surface area contributed by atoms with Crippen molar-refractivity contribution in [3.63, 3.8) is 0 Å². The molecule has 176 valence electrons. The van der Waals surface area contributed by atoms with E-state index in [2.05, 4.69) is 0 Å². The average molecular weight is 520 g/mol. The Bertz CT molecular complexity index is 1120. The molecule has 0 N–H and O–H groups in total. The second-order valence-electron chi connectivity index (χ2n) is 8.17. The minimum Gasteiger partial charge on any atom is -0.292 e. The Kier molecular flexibility index (Phi) is 7.41. The van der Waals surface area contributed by atoms with E-state index >= 15 is 0 Å². The monoisotopic (exact) mass is 518 g/mol. The van der Waals surface area contributed by atoms with E-state index in [1.807, 2.05) is 12.2 Å². The molecule has 0 spiro atoms. The van der Waals surface area contributed by atoms with Crippen molar-refractivity contribution in [1.29, 1.82) is 0 Å². The van der Waals surface area contributed by atoms with Crippen LogP contribution in [-0.2, 0) is 9.59 Å². The van der Waals surface area contributed by atoms with Gasteiger partial charge in [0.25, 0.3) is 17.7 Å². The number of imide groups is 1. The average Bonchev–Trinajstić information content (AvgIpc) is 3.09. The summed E-state index contributed by atoms with van der Waals surface area (Å²) in [5, 5.41) is 2.72. The Morgan fingerprint density at radius 2 is 1.32 bits per heavy atom. The number of nitrogens with zero attached hydrogens (tertiary/aromatic N) is 2. The lowest BCUT2D eigenvalue weighted by atomic mass is 9.85. The molecule has 6 nitrogen and oxygen atoms in total. The molecule has 0 bridgehead atoms. The molecule has 34 heavy (non-hydrogen) atoms. The number of halogens is 3. The molecule has 0 radical (unpaired) electrons. The van der Waals surface area contributed by atoms with Crippen molar-refractivity contribution >= 4 is 58.3 Å². The van der Waals surface area contributed by atoms with Gasteiger partial charge in [-0.1, -0.05) is 35.4 Å². The highest BCUT2D eigenvalue weighted by Gasteiger charge is 2.53. The van der Waals surface area contributed by atoms with Gasteiger partial charge in [0.05, 0.1) is 11.8 Å². The van der Waals surface area contributed by atoms with Crippen LogP contribution in [0.4, 0.5) is 0 Å². The van der Waals surface area contributed by atoms with Crippen LogP contribution >= 0.6 is 34.8 Å². The zero-order chi connectivity index (χ0) is 24.4. The summed E-state index contributed by atoms with van der Waals surface area (Å²) < 4.78 is 0. The predicted molar refractivity (Wildman–Crippen MR) is 130 cm³/mol. The second kappa shape index (κ2) is 10.3. The summed E-state index contributed by atoms with van der Waals surface area (Å²) in [6.07, 6.45) is 4.56. The lowest BCUT2D eigenvalue weighted by Crippen LogP contribution is -2.57. The fourth-order valence-corrected chi connectivity index (χ4v) is 4.82. The molecule has 2 aromatic rings. The molecule has 1 saturated heterocycles. The number of rotatable bonds is 7. The molecule has 0 saturated carbocycles. The first-order valence-electron chi connectivity index (χ1n) is 10.8. The van der Waals surface area contributed by atoms with Gasteiger partial charge in [-0.05, 0) is 67.8 Å². The summed E-state index contributed by atoms with van der Waals surface area (Å²) in [7, 11) is 0. The highest BCUT2D eigenvalue weighted by molar-refractivity contribution is 6.31. The van der Waals surface area contributed by atoms with Crippen LogP contribution in [0.15, 0.2) is 60.7 Å². The summed E-state index contributed by atoms with van der Waals surface area (Å²) in [6, 6.07) is 11.0. The summed E-state index contributed by atoms with van der Waals surface area (Å²) in [4.78, 5) is 54.1. The van der Waals surface area contributed by atoms with Crippen LogP contribution in [0.3, 0.4) is 0 Å². The number of Topliss-reactive ketones (excluding diaryl/α,β-unsaturated/α-hetero) is 1. The minimum absolute atomic E-state index is 0.0268. The Morgan fingerprint density at radius 3 is 1.79 bits per heavy atom. The van der Waals surface area contributed by atoms with E-state index in [9.17, 15) is 19.2 Å². The molecule has 1 aliphatic carbocycles. The molecular weight excluding hydrogens is 499 g/mol. The summed E-state index contributed by atoms with van der Waals surface area (Å²) >= 11 is 18.0. The van der Waals surface area contributed by atoms with Gasteiger partial charge in [0.15, 0.2) is 5.78 Å². The van der Waals surface area contributed by atoms with E-state index in [0.717, 1.165) is 10.0 Å². The van der Waals surface area contributed by atoms with Crippen molar-refractivity contribution in [2.45, 2.75) is 25.3 Å². The molecule has 2 aromatic carbocycles. The number of hydrogen-bond donors (Lipinski definition) is 0. The van der Waals surface area contributed by atoms with Crippen LogP contribution < -0.4 is 0 Å². The zero-order valence-electron chi connectivity index (χ0n) is 18.0. The van der Waals surface area contributed by atoms with Gasteiger partial charge in [-0.15, -0.1) is 11.6 Å². The number of amides is 3. The van der Waals surface area contributed by atoms with Crippen LogP contribution in [0.5, 0.6) is 0 Å². The Labute approximate surface area is 212 Å². The molecular formula is C25H21Cl3N2O4. The quantitative estimate of drug-likeness (QED) is 0.219. The standard InChI is InChI=1S/C25H21Cl3N2O4/c26-14-13-21(22(31)15-5-9-17(27)10-6-15)29(23(32)16-7-11-18(28)12-8-16)30-24(33)19-3-1-2-4-20(19)25(30)34/h1-2,5-12,19-21H,3-4,13-14H2/t19-,20-,21-/m0/s1. The Morgan fingerprint density at radius 1 is 0.853 bits per heavy atom. The second-order valence-corrected chi connectivity index (χ2v) is 9.42. The van der Waals surface area contributed by atoms with Crippen molar-refractivity contribution in [3.05, 3.63) is 81.9 Å². The molecule has 9 heteroatoms. The molecule has 0 aromatic heterocycles. The maximum Gasteiger partial charge on any atom is 0.273 e. The van der Waals surface area contributed by atoms with Crippen molar-refractivity contribution in [1.82, 2.24) is 10.0 Å². The van der Waals surface area contributed by atoms with E-state index in [1.54, 1.807) is 12.1 Å². The number of fused-ring (bicyclic) bond motifs is 1. The smallest absolute Gasteiger partial charge is 0.273 e. The van der Waals surface area contributed by atoms with E-state index in [0.29, 0.717) is 22.9 Å². The van der Waals surface area contributed by atoms with E-state index in [-0.39, 0.29) is 23.4 Å².